The minimum atomic E-state index is -0.697. The summed E-state index contributed by atoms with van der Waals surface area (Å²) >= 11 is 0. The van der Waals surface area contributed by atoms with Crippen molar-refractivity contribution in [1.29, 1.82) is 0 Å². The van der Waals surface area contributed by atoms with E-state index in [9.17, 15) is 14.4 Å². The highest BCUT2D eigenvalue weighted by Gasteiger charge is 2.32. The molecule has 198 valence electrons. The van der Waals surface area contributed by atoms with Crippen LogP contribution < -0.4 is 9.47 Å². The van der Waals surface area contributed by atoms with Gasteiger partial charge in [0.05, 0.1) is 6.61 Å². The summed E-state index contributed by atoms with van der Waals surface area (Å²) in [5.41, 5.74) is 2.16. The molecule has 0 aliphatic carbocycles. The highest BCUT2D eigenvalue weighted by atomic mass is 16.7. The number of aryl methyl sites for hydroxylation is 1. The molecule has 8 nitrogen and oxygen atoms in total. The van der Waals surface area contributed by atoms with Gasteiger partial charge >= 0.3 is 11.9 Å². The first-order valence-corrected chi connectivity index (χ1v) is 12.8. The summed E-state index contributed by atoms with van der Waals surface area (Å²) in [6.07, 6.45) is 2.15. The third-order valence-corrected chi connectivity index (χ3v) is 6.34. The standard InChI is InChI=1S/C29H34O8/c1-16(2)12-23(35-19(5)31)21-9-10-22-27(26(21)18(4)30)29(32)34-15-20-13-17(3)14-24(28(20)37-22)36-25-8-6-7-11-33-25/h9-10,13-14,16,23,25H,6-8,11-12,15H2,1-5H3. The molecule has 2 unspecified atom stereocenters. The maximum absolute atomic E-state index is 13.3. The molecule has 0 radical (unpaired) electrons. The number of ketones is 1. The van der Waals surface area contributed by atoms with Crippen LogP contribution in [-0.2, 0) is 25.6 Å². The van der Waals surface area contributed by atoms with Gasteiger partial charge in [-0.25, -0.2) is 4.79 Å². The van der Waals surface area contributed by atoms with E-state index in [1.54, 1.807) is 12.1 Å². The summed E-state index contributed by atoms with van der Waals surface area (Å²) in [6, 6.07) is 7.03. The maximum Gasteiger partial charge on any atom is 0.343 e. The zero-order valence-electron chi connectivity index (χ0n) is 22.1. The van der Waals surface area contributed by atoms with Crippen LogP contribution in [0.2, 0.25) is 0 Å². The summed E-state index contributed by atoms with van der Waals surface area (Å²) < 4.78 is 29.5. The summed E-state index contributed by atoms with van der Waals surface area (Å²) in [5, 5.41) is 0. The molecule has 0 saturated carbocycles. The molecule has 2 aromatic carbocycles. The number of esters is 2. The highest BCUT2D eigenvalue weighted by Crippen LogP contribution is 2.43. The van der Waals surface area contributed by atoms with E-state index >= 15 is 0 Å². The Bertz CT molecular complexity index is 1190. The zero-order valence-corrected chi connectivity index (χ0v) is 22.1. The minimum Gasteiger partial charge on any atom is -0.461 e. The number of ether oxygens (including phenoxy) is 5. The summed E-state index contributed by atoms with van der Waals surface area (Å²) in [5.74, 6) is -0.271. The van der Waals surface area contributed by atoms with Crippen molar-refractivity contribution in [2.45, 2.75) is 79.3 Å². The zero-order chi connectivity index (χ0) is 26.7. The van der Waals surface area contributed by atoms with Crippen LogP contribution in [0, 0.1) is 12.8 Å². The number of carbonyl (C=O) groups is 3. The van der Waals surface area contributed by atoms with Crippen molar-refractivity contribution < 1.29 is 38.1 Å². The highest BCUT2D eigenvalue weighted by molar-refractivity contribution is 6.08. The number of Topliss-reactive ketones (excluding diaryl/α,β-unsaturated/α-hetero) is 1. The van der Waals surface area contributed by atoms with Crippen molar-refractivity contribution in [3.8, 4) is 17.2 Å². The average Bonchev–Trinajstić information content (AvgIpc) is 2.82. The molecule has 37 heavy (non-hydrogen) atoms. The third kappa shape index (κ3) is 6.13. The predicted molar refractivity (Wildman–Crippen MR) is 135 cm³/mol. The van der Waals surface area contributed by atoms with Gasteiger partial charge in [0.25, 0.3) is 0 Å². The topological polar surface area (TPSA) is 97.4 Å². The molecule has 4 rings (SSSR count). The summed E-state index contributed by atoms with van der Waals surface area (Å²) in [4.78, 5) is 38.1. The molecule has 0 N–H and O–H groups in total. The van der Waals surface area contributed by atoms with Crippen molar-refractivity contribution >= 4 is 17.7 Å². The lowest BCUT2D eigenvalue weighted by molar-refractivity contribution is -0.147. The van der Waals surface area contributed by atoms with Gasteiger partial charge in [0.2, 0.25) is 0 Å². The molecule has 1 fully saturated rings. The maximum atomic E-state index is 13.3. The van der Waals surface area contributed by atoms with Gasteiger partial charge in [-0.05, 0) is 62.8 Å². The molecule has 0 bridgehead atoms. The van der Waals surface area contributed by atoms with Crippen LogP contribution in [0.25, 0.3) is 0 Å². The monoisotopic (exact) mass is 510 g/mol. The van der Waals surface area contributed by atoms with Crippen molar-refractivity contribution in [1.82, 2.24) is 0 Å². The van der Waals surface area contributed by atoms with Crippen LogP contribution in [0.3, 0.4) is 0 Å². The van der Waals surface area contributed by atoms with Crippen molar-refractivity contribution in [3.63, 3.8) is 0 Å². The van der Waals surface area contributed by atoms with Gasteiger partial charge in [0.15, 0.2) is 23.6 Å². The third-order valence-electron chi connectivity index (χ3n) is 6.34. The molecular formula is C29H34O8. The Kier molecular flexibility index (Phi) is 8.17. The number of rotatable bonds is 7. The van der Waals surface area contributed by atoms with Gasteiger partial charge in [-0.15, -0.1) is 0 Å². The molecule has 2 heterocycles. The molecule has 0 amide bonds. The van der Waals surface area contributed by atoms with E-state index in [0.717, 1.165) is 24.8 Å². The van der Waals surface area contributed by atoms with E-state index < -0.39 is 24.3 Å². The number of carbonyl (C=O) groups excluding carboxylic acids is 3. The van der Waals surface area contributed by atoms with E-state index in [4.69, 9.17) is 23.7 Å². The van der Waals surface area contributed by atoms with Crippen LogP contribution in [0.15, 0.2) is 24.3 Å². The first-order chi connectivity index (χ1) is 17.6. The second-order valence-corrected chi connectivity index (χ2v) is 10.0. The van der Waals surface area contributed by atoms with Crippen LogP contribution >= 0.6 is 0 Å². The number of cyclic esters (lactones) is 1. The van der Waals surface area contributed by atoms with Gasteiger partial charge in [-0.1, -0.05) is 19.9 Å². The van der Waals surface area contributed by atoms with Gasteiger partial charge in [0.1, 0.15) is 24.0 Å². The predicted octanol–water partition coefficient (Wildman–Crippen LogP) is 6.22. The molecule has 8 heteroatoms. The normalized spacial score (nSPS) is 17.9. The Balaban J connectivity index is 1.82. The van der Waals surface area contributed by atoms with Crippen molar-refractivity contribution in [3.05, 3.63) is 52.1 Å². The van der Waals surface area contributed by atoms with Crippen LogP contribution in [-0.4, -0.2) is 30.6 Å². The lowest BCUT2D eigenvalue weighted by atomic mass is 9.90. The van der Waals surface area contributed by atoms with Gasteiger partial charge in [-0.2, -0.15) is 0 Å². The first-order valence-electron chi connectivity index (χ1n) is 12.8. The van der Waals surface area contributed by atoms with Crippen LogP contribution in [0.4, 0.5) is 0 Å². The van der Waals surface area contributed by atoms with E-state index in [1.165, 1.54) is 13.8 Å². The molecule has 2 aliphatic heterocycles. The van der Waals surface area contributed by atoms with Gasteiger partial charge in [-0.3, -0.25) is 9.59 Å². The van der Waals surface area contributed by atoms with Gasteiger partial charge < -0.3 is 23.7 Å². The molecule has 0 aromatic heterocycles. The largest absolute Gasteiger partial charge is 0.461 e. The van der Waals surface area contributed by atoms with Gasteiger partial charge in [0, 0.05) is 30.0 Å². The van der Waals surface area contributed by atoms with E-state index in [-0.39, 0.29) is 35.2 Å². The smallest absolute Gasteiger partial charge is 0.343 e. The second-order valence-electron chi connectivity index (χ2n) is 10.0. The Morgan fingerprint density at radius 3 is 2.57 bits per heavy atom. The van der Waals surface area contributed by atoms with E-state index in [1.807, 2.05) is 32.9 Å². The minimum absolute atomic E-state index is 0.0111. The average molecular weight is 511 g/mol. The lowest BCUT2D eigenvalue weighted by Gasteiger charge is -2.28. The Labute approximate surface area is 217 Å². The summed E-state index contributed by atoms with van der Waals surface area (Å²) in [7, 11) is 0. The fourth-order valence-electron chi connectivity index (χ4n) is 4.80. The molecule has 2 atom stereocenters. The Hall–Kier alpha value is -3.39. The van der Waals surface area contributed by atoms with E-state index in [0.29, 0.717) is 35.7 Å². The number of hydrogen-bond acceptors (Lipinski definition) is 8. The quantitative estimate of drug-likeness (QED) is 0.320. The molecule has 2 aromatic rings. The van der Waals surface area contributed by atoms with Crippen LogP contribution in [0.1, 0.15) is 96.9 Å². The number of fused-ring (bicyclic) bond motifs is 2. The van der Waals surface area contributed by atoms with Crippen LogP contribution in [0.5, 0.6) is 17.2 Å². The number of benzene rings is 2. The number of hydrogen-bond donors (Lipinski definition) is 0. The lowest BCUT2D eigenvalue weighted by Crippen LogP contribution is -2.25. The molecule has 0 spiro atoms. The van der Waals surface area contributed by atoms with E-state index in [2.05, 4.69) is 0 Å². The van der Waals surface area contributed by atoms with Crippen molar-refractivity contribution in [2.75, 3.05) is 6.61 Å². The molecular weight excluding hydrogens is 476 g/mol. The Morgan fingerprint density at radius 2 is 1.92 bits per heavy atom. The van der Waals surface area contributed by atoms with Crippen molar-refractivity contribution in [2.24, 2.45) is 5.92 Å². The first kappa shape index (κ1) is 26.7. The fourth-order valence-corrected chi connectivity index (χ4v) is 4.80. The Morgan fingerprint density at radius 1 is 1.14 bits per heavy atom. The second kappa shape index (κ2) is 11.3. The molecule has 2 aliphatic rings. The fraction of sp³-hybridized carbons (Fsp3) is 0.483. The summed E-state index contributed by atoms with van der Waals surface area (Å²) in [6.45, 7) is 9.17. The molecule has 1 saturated heterocycles. The SMILES string of the molecule is CC(=O)OC(CC(C)C)c1ccc2c(c1C(C)=O)C(=O)OCc1cc(C)cc(OC3CCCCO3)c1O2.